The minimum absolute atomic E-state index is 0.0385. The number of rotatable bonds is 6. The van der Waals surface area contributed by atoms with Crippen LogP contribution in [0.4, 0.5) is 4.79 Å². The number of hydrogen-bond acceptors (Lipinski definition) is 5. The van der Waals surface area contributed by atoms with Gasteiger partial charge < -0.3 is 20.7 Å². The molecule has 36 heavy (non-hydrogen) atoms. The Bertz CT molecular complexity index is 970. The van der Waals surface area contributed by atoms with Gasteiger partial charge in [0.05, 0.1) is 18.1 Å². The lowest BCUT2D eigenvalue weighted by atomic mass is 9.73. The molecule has 1 aromatic rings. The standard InChI is InChI=1S/C29H43N3O4/c1-17(2)24(32-28(35)36-29(3,4)5)26(33)23-20-14-8-9-15-22(20)30-25(23)27(34)31-21-16-10-12-18-11-6-7-13-19(18)21/h6-7,11,13,17,20-25,30H,8-10,12,14-16H2,1-5H3,(H,31,34)(H,32,35). The number of nitrogens with one attached hydrogen (secondary N) is 3. The molecule has 0 bridgehead atoms. The monoisotopic (exact) mass is 497 g/mol. The maximum Gasteiger partial charge on any atom is 0.408 e. The predicted molar refractivity (Wildman–Crippen MR) is 139 cm³/mol. The highest BCUT2D eigenvalue weighted by Crippen LogP contribution is 2.40. The van der Waals surface area contributed by atoms with Crippen LogP contribution in [0.1, 0.15) is 90.3 Å². The van der Waals surface area contributed by atoms with Gasteiger partial charge in [0.15, 0.2) is 5.78 Å². The molecule has 1 aliphatic heterocycles. The van der Waals surface area contributed by atoms with E-state index in [0.29, 0.717) is 0 Å². The molecule has 4 rings (SSSR count). The van der Waals surface area contributed by atoms with Gasteiger partial charge in [-0.25, -0.2) is 4.79 Å². The number of Topliss-reactive ketones (excluding diaryl/α,β-unsaturated/α-hetero) is 1. The first-order valence-electron chi connectivity index (χ1n) is 13.7. The van der Waals surface area contributed by atoms with Gasteiger partial charge in [0.2, 0.25) is 5.91 Å². The molecule has 6 unspecified atom stereocenters. The van der Waals surface area contributed by atoms with Crippen molar-refractivity contribution in [3.8, 4) is 0 Å². The van der Waals surface area contributed by atoms with Crippen molar-refractivity contribution in [3.63, 3.8) is 0 Å². The zero-order valence-corrected chi connectivity index (χ0v) is 22.4. The molecule has 7 nitrogen and oxygen atoms in total. The Morgan fingerprint density at radius 2 is 1.75 bits per heavy atom. The van der Waals surface area contributed by atoms with E-state index in [9.17, 15) is 14.4 Å². The number of ether oxygens (including phenoxy) is 1. The number of amides is 2. The van der Waals surface area contributed by atoms with E-state index in [-0.39, 0.29) is 35.6 Å². The third-order valence-corrected chi connectivity index (χ3v) is 7.98. The third-order valence-electron chi connectivity index (χ3n) is 7.98. The highest BCUT2D eigenvalue weighted by Gasteiger charge is 2.52. The highest BCUT2D eigenvalue weighted by molar-refractivity contribution is 5.96. The van der Waals surface area contributed by atoms with Crippen molar-refractivity contribution in [1.29, 1.82) is 0 Å². The first-order valence-corrected chi connectivity index (χ1v) is 13.7. The van der Waals surface area contributed by atoms with Crippen LogP contribution < -0.4 is 16.0 Å². The average Bonchev–Trinajstić information content (AvgIpc) is 3.21. The van der Waals surface area contributed by atoms with Crippen molar-refractivity contribution in [2.45, 2.75) is 109 Å². The molecule has 2 aliphatic carbocycles. The molecule has 3 N–H and O–H groups in total. The second kappa shape index (κ2) is 10.9. The van der Waals surface area contributed by atoms with Crippen LogP contribution in [0, 0.1) is 17.8 Å². The van der Waals surface area contributed by atoms with Crippen LogP contribution in [0.5, 0.6) is 0 Å². The predicted octanol–water partition coefficient (Wildman–Crippen LogP) is 4.45. The van der Waals surface area contributed by atoms with E-state index in [4.69, 9.17) is 4.74 Å². The summed E-state index contributed by atoms with van der Waals surface area (Å²) in [5.74, 6) is -0.674. The maximum atomic E-state index is 14.1. The molecule has 1 aromatic carbocycles. The minimum atomic E-state index is -0.710. The van der Waals surface area contributed by atoms with Crippen molar-refractivity contribution in [2.24, 2.45) is 17.8 Å². The van der Waals surface area contributed by atoms with Gasteiger partial charge in [0.1, 0.15) is 5.60 Å². The number of carbonyl (C=O) groups is 3. The van der Waals surface area contributed by atoms with E-state index in [1.807, 2.05) is 26.0 Å². The number of aryl methyl sites for hydroxylation is 1. The molecule has 7 heteroatoms. The van der Waals surface area contributed by atoms with Crippen molar-refractivity contribution >= 4 is 17.8 Å². The van der Waals surface area contributed by atoms with Gasteiger partial charge in [-0.1, -0.05) is 51.0 Å². The smallest absolute Gasteiger partial charge is 0.408 e. The Hall–Kier alpha value is -2.41. The average molecular weight is 498 g/mol. The third kappa shape index (κ3) is 5.93. The molecule has 2 fully saturated rings. The minimum Gasteiger partial charge on any atom is -0.444 e. The lowest BCUT2D eigenvalue weighted by Gasteiger charge is -2.33. The van der Waals surface area contributed by atoms with Gasteiger partial charge in [-0.05, 0) is 75.8 Å². The van der Waals surface area contributed by atoms with Gasteiger partial charge in [0, 0.05) is 12.0 Å². The zero-order chi connectivity index (χ0) is 26.0. The summed E-state index contributed by atoms with van der Waals surface area (Å²) < 4.78 is 5.45. The summed E-state index contributed by atoms with van der Waals surface area (Å²) in [6.07, 6.45) is 6.41. The molecule has 0 aromatic heterocycles. The lowest BCUT2D eigenvalue weighted by Crippen LogP contribution is -2.54. The van der Waals surface area contributed by atoms with Crippen LogP contribution in [0.25, 0.3) is 0 Å². The molecule has 3 aliphatic rings. The van der Waals surface area contributed by atoms with Crippen LogP contribution in [0.15, 0.2) is 24.3 Å². The quantitative estimate of drug-likeness (QED) is 0.540. The van der Waals surface area contributed by atoms with Crippen LogP contribution in [0.3, 0.4) is 0 Å². The normalized spacial score (nSPS) is 28.6. The fraction of sp³-hybridized carbons (Fsp3) is 0.690. The molecule has 2 amide bonds. The molecule has 0 spiro atoms. The molecule has 198 valence electrons. The van der Waals surface area contributed by atoms with Crippen molar-refractivity contribution in [3.05, 3.63) is 35.4 Å². The summed E-state index contributed by atoms with van der Waals surface area (Å²) >= 11 is 0. The number of ketones is 1. The number of carbonyl (C=O) groups excluding carboxylic acids is 3. The molecule has 1 heterocycles. The van der Waals surface area contributed by atoms with Gasteiger partial charge >= 0.3 is 6.09 Å². The first kappa shape index (κ1) is 26.6. The number of benzene rings is 1. The van der Waals surface area contributed by atoms with Crippen LogP contribution >= 0.6 is 0 Å². The SMILES string of the molecule is CC(C)C(NC(=O)OC(C)(C)C)C(=O)C1C(C(=O)NC2CCCc3ccccc32)NC2CCCCC21. The Morgan fingerprint density at radius 3 is 2.47 bits per heavy atom. The molecular formula is C29H43N3O4. The van der Waals surface area contributed by atoms with E-state index >= 15 is 0 Å². The van der Waals surface area contributed by atoms with E-state index in [1.54, 1.807) is 20.8 Å². The van der Waals surface area contributed by atoms with E-state index < -0.39 is 29.7 Å². The highest BCUT2D eigenvalue weighted by atomic mass is 16.6. The summed E-state index contributed by atoms with van der Waals surface area (Å²) in [4.78, 5) is 40.4. The Morgan fingerprint density at radius 1 is 1.03 bits per heavy atom. The summed E-state index contributed by atoms with van der Waals surface area (Å²) in [6.45, 7) is 9.26. The van der Waals surface area contributed by atoms with E-state index in [2.05, 4.69) is 28.1 Å². The maximum absolute atomic E-state index is 14.1. The van der Waals surface area contributed by atoms with Crippen LogP contribution in [0.2, 0.25) is 0 Å². The second-order valence-corrected chi connectivity index (χ2v) is 12.1. The number of fused-ring (bicyclic) bond motifs is 2. The molecular weight excluding hydrogens is 454 g/mol. The van der Waals surface area contributed by atoms with Crippen LogP contribution in [-0.2, 0) is 20.7 Å². The largest absolute Gasteiger partial charge is 0.444 e. The number of hydrogen-bond donors (Lipinski definition) is 3. The molecule has 6 atom stereocenters. The topological polar surface area (TPSA) is 96.5 Å². The summed E-state index contributed by atoms with van der Waals surface area (Å²) in [5.41, 5.74) is 1.81. The number of alkyl carbamates (subject to hydrolysis) is 1. The second-order valence-electron chi connectivity index (χ2n) is 12.1. The summed E-state index contributed by atoms with van der Waals surface area (Å²) in [5, 5.41) is 9.66. The van der Waals surface area contributed by atoms with Crippen LogP contribution in [-0.4, -0.2) is 41.5 Å². The Kier molecular flexibility index (Phi) is 8.08. The zero-order valence-electron chi connectivity index (χ0n) is 22.4. The van der Waals surface area contributed by atoms with Crippen molar-refractivity contribution in [1.82, 2.24) is 16.0 Å². The van der Waals surface area contributed by atoms with Crippen molar-refractivity contribution in [2.75, 3.05) is 0 Å². The van der Waals surface area contributed by atoms with Gasteiger partial charge in [0.25, 0.3) is 0 Å². The van der Waals surface area contributed by atoms with Crippen molar-refractivity contribution < 1.29 is 19.1 Å². The fourth-order valence-corrected chi connectivity index (χ4v) is 6.37. The van der Waals surface area contributed by atoms with E-state index in [1.165, 1.54) is 11.1 Å². The fourth-order valence-electron chi connectivity index (χ4n) is 6.37. The lowest BCUT2D eigenvalue weighted by molar-refractivity contribution is -0.133. The molecule has 0 radical (unpaired) electrons. The van der Waals surface area contributed by atoms with Gasteiger partial charge in [-0.2, -0.15) is 0 Å². The summed E-state index contributed by atoms with van der Waals surface area (Å²) in [7, 11) is 0. The summed E-state index contributed by atoms with van der Waals surface area (Å²) in [6, 6.07) is 7.11. The Labute approximate surface area is 215 Å². The van der Waals surface area contributed by atoms with E-state index in [0.717, 1.165) is 44.9 Å². The molecule has 1 saturated heterocycles. The van der Waals surface area contributed by atoms with Gasteiger partial charge in [-0.3, -0.25) is 9.59 Å². The first-order chi connectivity index (χ1) is 17.0. The van der Waals surface area contributed by atoms with Gasteiger partial charge in [-0.15, -0.1) is 0 Å². The molecule has 1 saturated carbocycles. The Balaban J connectivity index is 1.55.